The Morgan fingerprint density at radius 2 is 1.85 bits per heavy atom. The number of carbonyl (C=O) groups is 1. The lowest BCUT2D eigenvalue weighted by Crippen LogP contribution is -2.29. The Balaban J connectivity index is 2.25. The Morgan fingerprint density at radius 1 is 1.19 bits per heavy atom. The number of hydrogen-bond donors (Lipinski definition) is 2. The third-order valence-electron chi connectivity index (χ3n) is 5.15. The van der Waals surface area contributed by atoms with Crippen LogP contribution in [-0.2, 0) is 4.74 Å². The molecule has 0 saturated heterocycles. The van der Waals surface area contributed by atoms with Crippen molar-refractivity contribution in [1.82, 2.24) is 0 Å². The molecule has 0 heterocycles. The van der Waals surface area contributed by atoms with Gasteiger partial charge in [0.25, 0.3) is 0 Å². The summed E-state index contributed by atoms with van der Waals surface area (Å²) in [5.74, 6) is -0.325. The highest BCUT2D eigenvalue weighted by Gasteiger charge is 2.28. The normalized spacial score (nSPS) is 28.0. The molecule has 1 aromatic rings. The second kappa shape index (κ2) is 8.54. The summed E-state index contributed by atoms with van der Waals surface area (Å²) in [5.41, 5.74) is 2.29. The molecule has 0 aromatic heterocycles. The zero-order valence-corrected chi connectivity index (χ0v) is 16.2. The van der Waals surface area contributed by atoms with Crippen LogP contribution in [0.4, 0.5) is 0 Å². The van der Waals surface area contributed by atoms with E-state index in [1.54, 1.807) is 12.1 Å². The molecule has 1 aromatic carbocycles. The van der Waals surface area contributed by atoms with Gasteiger partial charge < -0.3 is 14.9 Å². The highest BCUT2D eigenvalue weighted by Crippen LogP contribution is 2.31. The van der Waals surface area contributed by atoms with Crippen LogP contribution in [0.3, 0.4) is 0 Å². The first-order valence-corrected chi connectivity index (χ1v) is 9.21. The summed E-state index contributed by atoms with van der Waals surface area (Å²) < 4.78 is 5.72. The van der Waals surface area contributed by atoms with E-state index in [4.69, 9.17) is 4.74 Å². The number of aliphatic hydroxyl groups is 1. The van der Waals surface area contributed by atoms with E-state index in [0.717, 1.165) is 24.8 Å². The first-order valence-electron chi connectivity index (χ1n) is 9.21. The number of ether oxygens (including phenoxy) is 1. The van der Waals surface area contributed by atoms with E-state index in [-0.39, 0.29) is 11.2 Å². The molecule has 0 aliphatic heterocycles. The van der Waals surface area contributed by atoms with Gasteiger partial charge in [0.15, 0.2) is 0 Å². The number of carbonyl (C=O) groups excluding carboxylic acids is 1. The molecule has 2 atom stereocenters. The molecule has 0 spiro atoms. The van der Waals surface area contributed by atoms with Crippen molar-refractivity contribution in [1.29, 1.82) is 0 Å². The fourth-order valence-electron chi connectivity index (χ4n) is 3.08. The Bertz CT molecular complexity index is 683. The zero-order valence-electron chi connectivity index (χ0n) is 16.2. The molecular formula is C22H30O4. The smallest absolute Gasteiger partial charge is 0.338 e. The Morgan fingerprint density at radius 3 is 2.50 bits per heavy atom. The monoisotopic (exact) mass is 358 g/mol. The quantitative estimate of drug-likeness (QED) is 0.590. The van der Waals surface area contributed by atoms with Gasteiger partial charge in [0.2, 0.25) is 0 Å². The van der Waals surface area contributed by atoms with Gasteiger partial charge in [-0.25, -0.2) is 4.79 Å². The van der Waals surface area contributed by atoms with Gasteiger partial charge >= 0.3 is 5.97 Å². The topological polar surface area (TPSA) is 66.8 Å². The van der Waals surface area contributed by atoms with Crippen molar-refractivity contribution in [3.63, 3.8) is 0 Å². The molecule has 1 aliphatic rings. The van der Waals surface area contributed by atoms with Crippen molar-refractivity contribution in [2.75, 3.05) is 0 Å². The van der Waals surface area contributed by atoms with Crippen LogP contribution in [0.15, 0.2) is 47.6 Å². The van der Waals surface area contributed by atoms with Crippen LogP contribution in [0, 0.1) is 5.41 Å². The van der Waals surface area contributed by atoms with Crippen molar-refractivity contribution in [3.8, 4) is 5.75 Å². The van der Waals surface area contributed by atoms with Crippen molar-refractivity contribution < 1.29 is 19.7 Å². The second-order valence-electron chi connectivity index (χ2n) is 7.92. The van der Waals surface area contributed by atoms with E-state index in [9.17, 15) is 15.0 Å². The highest BCUT2D eigenvalue weighted by molar-refractivity contribution is 5.89. The second-order valence-corrected chi connectivity index (χ2v) is 7.92. The maximum Gasteiger partial charge on any atom is 0.338 e. The van der Waals surface area contributed by atoms with Crippen molar-refractivity contribution >= 4 is 5.97 Å². The van der Waals surface area contributed by atoms with Gasteiger partial charge in [0, 0.05) is 6.42 Å². The predicted molar refractivity (Wildman–Crippen MR) is 103 cm³/mol. The third kappa shape index (κ3) is 5.46. The molecule has 0 unspecified atom stereocenters. The summed E-state index contributed by atoms with van der Waals surface area (Å²) in [6.07, 6.45) is 6.46. The molecule has 4 nitrogen and oxygen atoms in total. The predicted octanol–water partition coefficient (Wildman–Crippen LogP) is 4.77. The van der Waals surface area contributed by atoms with Crippen LogP contribution in [0.5, 0.6) is 5.75 Å². The Labute approximate surface area is 156 Å². The minimum absolute atomic E-state index is 0.108. The van der Waals surface area contributed by atoms with Gasteiger partial charge in [-0.2, -0.15) is 0 Å². The number of aliphatic hydroxyl groups excluding tert-OH is 1. The Hall–Kier alpha value is -2.07. The molecule has 0 bridgehead atoms. The van der Waals surface area contributed by atoms with Gasteiger partial charge in [-0.15, -0.1) is 0 Å². The maximum atomic E-state index is 12.5. The summed E-state index contributed by atoms with van der Waals surface area (Å²) in [6, 6.07) is 6.02. The van der Waals surface area contributed by atoms with Gasteiger partial charge in [-0.1, -0.05) is 31.6 Å². The van der Waals surface area contributed by atoms with Gasteiger partial charge in [0.05, 0.1) is 11.7 Å². The minimum Gasteiger partial charge on any atom is -0.508 e. The average molecular weight is 358 g/mol. The number of benzene rings is 1. The van der Waals surface area contributed by atoms with E-state index in [1.807, 2.05) is 13.0 Å². The number of esters is 1. The van der Waals surface area contributed by atoms with Gasteiger partial charge in [-0.3, -0.25) is 0 Å². The lowest BCUT2D eigenvalue weighted by molar-refractivity contribution is 0.0368. The molecular weight excluding hydrogens is 328 g/mol. The van der Waals surface area contributed by atoms with E-state index >= 15 is 0 Å². The van der Waals surface area contributed by atoms with Crippen LogP contribution < -0.4 is 0 Å². The maximum absolute atomic E-state index is 12.5. The van der Waals surface area contributed by atoms with E-state index in [2.05, 4.69) is 26.8 Å². The van der Waals surface area contributed by atoms with E-state index < -0.39 is 18.2 Å². The minimum atomic E-state index is -0.587. The first-order chi connectivity index (χ1) is 12.2. The van der Waals surface area contributed by atoms with Gasteiger partial charge in [0.1, 0.15) is 11.9 Å². The van der Waals surface area contributed by atoms with Crippen LogP contribution in [0.25, 0.3) is 0 Å². The molecule has 0 fully saturated rings. The van der Waals surface area contributed by atoms with Crippen LogP contribution in [-0.4, -0.2) is 28.4 Å². The molecule has 0 radical (unpaired) electrons. The standard InChI is InChI=1S/C22H30O4/c1-15-6-5-13-22(3,4)20(24)14-16(2)19(12-7-15)26-21(25)17-8-10-18(23)11-9-17/h7-11,14,19-20,23-24H,5-6,12-13H2,1-4H3/b15-7+,16-14+/t19-,20-/m1/s1. The molecule has 0 saturated carbocycles. The van der Waals surface area contributed by atoms with Crippen LogP contribution in [0.2, 0.25) is 0 Å². The fraction of sp³-hybridized carbons (Fsp3) is 0.500. The molecule has 142 valence electrons. The molecule has 26 heavy (non-hydrogen) atoms. The van der Waals surface area contributed by atoms with E-state index in [0.29, 0.717) is 12.0 Å². The van der Waals surface area contributed by atoms with Crippen molar-refractivity contribution in [3.05, 3.63) is 53.1 Å². The molecule has 0 amide bonds. The zero-order chi connectivity index (χ0) is 19.3. The fourth-order valence-corrected chi connectivity index (χ4v) is 3.08. The Kier molecular flexibility index (Phi) is 6.65. The molecule has 4 heteroatoms. The van der Waals surface area contributed by atoms with Gasteiger partial charge in [-0.05, 0) is 68.4 Å². The van der Waals surface area contributed by atoms with Crippen LogP contribution >= 0.6 is 0 Å². The van der Waals surface area contributed by atoms with E-state index in [1.165, 1.54) is 17.7 Å². The van der Waals surface area contributed by atoms with Crippen LogP contribution in [0.1, 0.15) is 63.7 Å². The third-order valence-corrected chi connectivity index (χ3v) is 5.15. The van der Waals surface area contributed by atoms with Crippen molar-refractivity contribution in [2.45, 2.75) is 65.6 Å². The SMILES string of the molecule is C/C1=C\C[C@@H](OC(=O)c2ccc(O)cc2)/C(C)=C/[C@@H](O)C(C)(C)CCC1. The lowest BCUT2D eigenvalue weighted by Gasteiger charge is -2.29. The number of rotatable bonds is 2. The number of hydrogen-bond acceptors (Lipinski definition) is 4. The first kappa shape index (κ1) is 20.2. The number of aromatic hydroxyl groups is 1. The number of phenolic OH excluding ortho intramolecular Hbond substituents is 1. The summed E-state index contributed by atoms with van der Waals surface area (Å²) >= 11 is 0. The summed E-state index contributed by atoms with van der Waals surface area (Å²) in [6.45, 7) is 8.13. The van der Waals surface area contributed by atoms with Crippen molar-refractivity contribution in [2.24, 2.45) is 5.41 Å². The molecule has 2 rings (SSSR count). The lowest BCUT2D eigenvalue weighted by atomic mass is 9.80. The average Bonchev–Trinajstić information content (AvgIpc) is 2.59. The summed E-state index contributed by atoms with van der Waals surface area (Å²) in [5, 5.41) is 20.0. The largest absolute Gasteiger partial charge is 0.508 e. The molecule has 1 aliphatic carbocycles. The summed E-state index contributed by atoms with van der Waals surface area (Å²) in [4.78, 5) is 12.5. The number of allylic oxidation sites excluding steroid dienone is 1. The number of phenols is 1. The highest BCUT2D eigenvalue weighted by atomic mass is 16.5. The molecule has 2 N–H and O–H groups in total. The summed E-state index contributed by atoms with van der Waals surface area (Å²) in [7, 11) is 0.